The molecule has 2 nitrogen and oxygen atoms in total. The molecule has 0 aromatic heterocycles. The summed E-state index contributed by atoms with van der Waals surface area (Å²) < 4.78 is 0. The molecule has 1 aliphatic rings. The predicted octanol–water partition coefficient (Wildman–Crippen LogP) is 2.87. The molecule has 1 aromatic carbocycles. The molecule has 1 fully saturated rings. The number of hydrogen-bond acceptors (Lipinski definition) is 2. The SMILES string of the molecule is Cc1ccccc1CN1CCN(C/C=C/Cl)CC1. The van der Waals surface area contributed by atoms with Crippen LogP contribution in [0.5, 0.6) is 0 Å². The molecule has 18 heavy (non-hydrogen) atoms. The standard InChI is InChI=1S/C15H21ClN2/c1-14-5-2-3-6-15(14)13-18-11-9-17(10-12-18)8-4-7-16/h2-7H,8-13H2,1H3/b7-4+. The van der Waals surface area contributed by atoms with Crippen LogP contribution in [0.25, 0.3) is 0 Å². The summed E-state index contributed by atoms with van der Waals surface area (Å²) in [6, 6.07) is 8.66. The van der Waals surface area contributed by atoms with Crippen LogP contribution in [-0.2, 0) is 6.54 Å². The molecule has 98 valence electrons. The van der Waals surface area contributed by atoms with Gasteiger partial charge in [-0.1, -0.05) is 41.9 Å². The molecule has 0 spiro atoms. The van der Waals surface area contributed by atoms with Gasteiger partial charge in [-0.25, -0.2) is 0 Å². The lowest BCUT2D eigenvalue weighted by Gasteiger charge is -2.34. The number of rotatable bonds is 4. The highest BCUT2D eigenvalue weighted by Crippen LogP contribution is 2.12. The minimum atomic E-state index is 0.974. The average molecular weight is 265 g/mol. The monoisotopic (exact) mass is 264 g/mol. The summed E-state index contributed by atoms with van der Waals surface area (Å²) in [5.41, 5.74) is 4.45. The molecule has 1 aromatic rings. The van der Waals surface area contributed by atoms with Crippen molar-refractivity contribution in [2.24, 2.45) is 0 Å². The topological polar surface area (TPSA) is 6.48 Å². The van der Waals surface area contributed by atoms with Crippen LogP contribution in [0.15, 0.2) is 35.9 Å². The quantitative estimate of drug-likeness (QED) is 0.825. The third-order valence-corrected chi connectivity index (χ3v) is 3.75. The van der Waals surface area contributed by atoms with Gasteiger partial charge in [0, 0.05) is 44.8 Å². The van der Waals surface area contributed by atoms with Gasteiger partial charge in [0.15, 0.2) is 0 Å². The highest BCUT2D eigenvalue weighted by molar-refractivity contribution is 6.25. The van der Waals surface area contributed by atoms with E-state index >= 15 is 0 Å². The maximum atomic E-state index is 5.56. The third-order valence-electron chi connectivity index (χ3n) is 3.57. The molecule has 0 saturated carbocycles. The molecular formula is C15H21ClN2. The maximum Gasteiger partial charge on any atom is 0.0237 e. The fourth-order valence-electron chi connectivity index (χ4n) is 2.35. The maximum absolute atomic E-state index is 5.56. The molecule has 0 bridgehead atoms. The Bertz CT molecular complexity index is 395. The van der Waals surface area contributed by atoms with Crippen molar-refractivity contribution in [2.75, 3.05) is 32.7 Å². The predicted molar refractivity (Wildman–Crippen MR) is 77.9 cm³/mol. The van der Waals surface area contributed by atoms with E-state index in [0.29, 0.717) is 0 Å². The average Bonchev–Trinajstić information content (AvgIpc) is 2.41. The molecule has 0 unspecified atom stereocenters. The van der Waals surface area contributed by atoms with Gasteiger partial charge in [0.2, 0.25) is 0 Å². The van der Waals surface area contributed by atoms with E-state index in [4.69, 9.17) is 11.6 Å². The smallest absolute Gasteiger partial charge is 0.0237 e. The first-order valence-electron chi connectivity index (χ1n) is 6.54. The van der Waals surface area contributed by atoms with Crippen molar-refractivity contribution in [3.63, 3.8) is 0 Å². The second-order valence-corrected chi connectivity index (χ2v) is 5.12. The third kappa shape index (κ3) is 3.84. The van der Waals surface area contributed by atoms with Gasteiger partial charge in [-0.05, 0) is 18.1 Å². The number of aryl methyl sites for hydroxylation is 1. The zero-order chi connectivity index (χ0) is 12.8. The van der Waals surface area contributed by atoms with Gasteiger partial charge in [-0.3, -0.25) is 9.80 Å². The highest BCUT2D eigenvalue weighted by Gasteiger charge is 2.16. The van der Waals surface area contributed by atoms with Crippen LogP contribution in [0.2, 0.25) is 0 Å². The molecule has 3 heteroatoms. The van der Waals surface area contributed by atoms with Crippen LogP contribution in [-0.4, -0.2) is 42.5 Å². The van der Waals surface area contributed by atoms with Crippen LogP contribution in [0, 0.1) is 6.92 Å². The Morgan fingerprint density at radius 2 is 1.78 bits per heavy atom. The van der Waals surface area contributed by atoms with E-state index in [0.717, 1.165) is 39.3 Å². The van der Waals surface area contributed by atoms with Crippen LogP contribution in [0.4, 0.5) is 0 Å². The first-order chi connectivity index (χ1) is 8.79. The Balaban J connectivity index is 1.82. The summed E-state index contributed by atoms with van der Waals surface area (Å²) in [7, 11) is 0. The van der Waals surface area contributed by atoms with Crippen molar-refractivity contribution in [3.05, 3.63) is 47.0 Å². The first-order valence-corrected chi connectivity index (χ1v) is 6.97. The summed E-state index contributed by atoms with van der Waals surface area (Å²) in [6.45, 7) is 8.79. The van der Waals surface area contributed by atoms with Gasteiger partial charge in [0.25, 0.3) is 0 Å². The molecule has 0 radical (unpaired) electrons. The molecule has 1 aliphatic heterocycles. The Morgan fingerprint density at radius 1 is 1.11 bits per heavy atom. The second-order valence-electron chi connectivity index (χ2n) is 4.86. The molecule has 0 atom stereocenters. The molecule has 0 aliphatic carbocycles. The van der Waals surface area contributed by atoms with E-state index in [1.54, 1.807) is 5.54 Å². The van der Waals surface area contributed by atoms with E-state index in [1.165, 1.54) is 11.1 Å². The van der Waals surface area contributed by atoms with Gasteiger partial charge in [-0.2, -0.15) is 0 Å². The van der Waals surface area contributed by atoms with Gasteiger partial charge in [0.05, 0.1) is 0 Å². The highest BCUT2D eigenvalue weighted by atomic mass is 35.5. The van der Waals surface area contributed by atoms with Crippen molar-refractivity contribution in [2.45, 2.75) is 13.5 Å². The molecule has 0 amide bonds. The van der Waals surface area contributed by atoms with Crippen molar-refractivity contribution >= 4 is 11.6 Å². The van der Waals surface area contributed by atoms with Crippen molar-refractivity contribution in [1.29, 1.82) is 0 Å². The number of benzene rings is 1. The summed E-state index contributed by atoms with van der Waals surface area (Å²) in [5, 5.41) is 0. The Morgan fingerprint density at radius 3 is 2.44 bits per heavy atom. The zero-order valence-corrected chi connectivity index (χ0v) is 11.7. The van der Waals surface area contributed by atoms with Gasteiger partial charge >= 0.3 is 0 Å². The van der Waals surface area contributed by atoms with Crippen LogP contribution in [0.3, 0.4) is 0 Å². The van der Waals surface area contributed by atoms with Crippen molar-refractivity contribution < 1.29 is 0 Å². The van der Waals surface area contributed by atoms with E-state index in [9.17, 15) is 0 Å². The fourth-order valence-corrected chi connectivity index (χ4v) is 2.43. The number of piperazine rings is 1. The minimum Gasteiger partial charge on any atom is -0.297 e. The summed E-state index contributed by atoms with van der Waals surface area (Å²) in [5.74, 6) is 0. The van der Waals surface area contributed by atoms with Crippen molar-refractivity contribution in [1.82, 2.24) is 9.80 Å². The van der Waals surface area contributed by atoms with Gasteiger partial charge in [-0.15, -0.1) is 0 Å². The Kier molecular flexibility index (Phi) is 5.24. The van der Waals surface area contributed by atoms with Crippen LogP contribution in [0.1, 0.15) is 11.1 Å². The van der Waals surface area contributed by atoms with Crippen LogP contribution >= 0.6 is 11.6 Å². The normalized spacial score (nSPS) is 18.6. The zero-order valence-electron chi connectivity index (χ0n) is 11.0. The second kappa shape index (κ2) is 6.93. The Hall–Kier alpha value is -0.830. The van der Waals surface area contributed by atoms with Crippen molar-refractivity contribution in [3.8, 4) is 0 Å². The lowest BCUT2D eigenvalue weighted by Crippen LogP contribution is -2.45. The van der Waals surface area contributed by atoms with E-state index in [2.05, 4.69) is 41.0 Å². The lowest BCUT2D eigenvalue weighted by molar-refractivity contribution is 0.137. The number of hydrogen-bond donors (Lipinski definition) is 0. The molecule has 1 saturated heterocycles. The minimum absolute atomic E-state index is 0.974. The van der Waals surface area contributed by atoms with Gasteiger partial charge < -0.3 is 0 Å². The van der Waals surface area contributed by atoms with E-state index in [-0.39, 0.29) is 0 Å². The Labute approximate surface area is 115 Å². The molecular weight excluding hydrogens is 244 g/mol. The number of nitrogens with zero attached hydrogens (tertiary/aromatic N) is 2. The van der Waals surface area contributed by atoms with E-state index < -0.39 is 0 Å². The largest absolute Gasteiger partial charge is 0.297 e. The fraction of sp³-hybridized carbons (Fsp3) is 0.467. The molecule has 2 rings (SSSR count). The summed E-state index contributed by atoms with van der Waals surface area (Å²) >= 11 is 5.56. The summed E-state index contributed by atoms with van der Waals surface area (Å²) in [4.78, 5) is 4.97. The van der Waals surface area contributed by atoms with Crippen LogP contribution < -0.4 is 0 Å². The number of halogens is 1. The van der Waals surface area contributed by atoms with E-state index in [1.807, 2.05) is 6.08 Å². The van der Waals surface area contributed by atoms with Gasteiger partial charge in [0.1, 0.15) is 0 Å². The lowest BCUT2D eigenvalue weighted by atomic mass is 10.1. The summed E-state index contributed by atoms with van der Waals surface area (Å²) in [6.07, 6.45) is 2.01. The molecule has 1 heterocycles. The first kappa shape index (κ1) is 13.6. The molecule has 0 N–H and O–H groups in total.